The van der Waals surface area contributed by atoms with Crippen molar-refractivity contribution in [1.29, 1.82) is 0 Å². The first-order valence-corrected chi connectivity index (χ1v) is 10.5. The number of thioether (sulfide) groups is 1. The lowest BCUT2D eigenvalue weighted by molar-refractivity contribution is 0.342. The molecule has 0 aliphatic carbocycles. The Morgan fingerprint density at radius 2 is 1.80 bits per heavy atom. The van der Waals surface area contributed by atoms with Crippen molar-refractivity contribution < 1.29 is 9.47 Å². The predicted octanol–water partition coefficient (Wildman–Crippen LogP) is 4.27. The van der Waals surface area contributed by atoms with Gasteiger partial charge in [-0.2, -0.15) is 0 Å². The Bertz CT molecular complexity index is 1220. The number of para-hydroxylation sites is 1. The minimum Gasteiger partial charge on any atom is -0.497 e. The highest BCUT2D eigenvalue weighted by Crippen LogP contribution is 2.22. The molecule has 0 N–H and O–H groups in total. The van der Waals surface area contributed by atoms with Crippen molar-refractivity contribution >= 4 is 22.7 Å². The fourth-order valence-corrected chi connectivity index (χ4v) is 3.84. The predicted molar refractivity (Wildman–Crippen MR) is 119 cm³/mol. The van der Waals surface area contributed by atoms with Crippen molar-refractivity contribution in [3.05, 3.63) is 82.8 Å². The van der Waals surface area contributed by atoms with Gasteiger partial charge in [-0.15, -0.1) is 0 Å². The number of ether oxygens (including phenoxy) is 2. The van der Waals surface area contributed by atoms with Gasteiger partial charge in [0.2, 0.25) is 0 Å². The van der Waals surface area contributed by atoms with Gasteiger partial charge in [-0.05, 0) is 61.0 Å². The summed E-state index contributed by atoms with van der Waals surface area (Å²) in [4.78, 5) is 22.3. The van der Waals surface area contributed by atoms with E-state index in [4.69, 9.17) is 14.5 Å². The lowest BCUT2D eigenvalue weighted by atomic mass is 10.2. The van der Waals surface area contributed by atoms with Gasteiger partial charge in [0.25, 0.3) is 5.56 Å². The molecule has 0 aliphatic heterocycles. The number of aryl methyl sites for hydroxylation is 1. The molecule has 152 valence electrons. The molecule has 0 spiro atoms. The number of rotatable bonds is 7. The zero-order chi connectivity index (χ0) is 20.9. The third kappa shape index (κ3) is 4.31. The normalized spacial score (nSPS) is 10.9. The molecule has 4 rings (SSSR count). The first kappa shape index (κ1) is 20.0. The van der Waals surface area contributed by atoms with Crippen LogP contribution in [0.3, 0.4) is 0 Å². The van der Waals surface area contributed by atoms with Crippen LogP contribution >= 0.6 is 11.8 Å². The summed E-state index contributed by atoms with van der Waals surface area (Å²) in [5.41, 5.74) is 1.57. The van der Waals surface area contributed by atoms with Crippen molar-refractivity contribution in [2.45, 2.75) is 12.1 Å². The summed E-state index contributed by atoms with van der Waals surface area (Å²) >= 11 is 1.47. The largest absolute Gasteiger partial charge is 0.497 e. The van der Waals surface area contributed by atoms with Gasteiger partial charge in [0.15, 0.2) is 5.16 Å². The van der Waals surface area contributed by atoms with Crippen LogP contribution in [0.25, 0.3) is 16.7 Å². The molecule has 2 aromatic carbocycles. The van der Waals surface area contributed by atoms with Crippen LogP contribution in [-0.4, -0.2) is 34.0 Å². The number of benzene rings is 2. The Morgan fingerprint density at radius 1 is 1.03 bits per heavy atom. The van der Waals surface area contributed by atoms with Crippen molar-refractivity contribution in [1.82, 2.24) is 14.5 Å². The van der Waals surface area contributed by atoms with E-state index in [1.807, 2.05) is 61.5 Å². The molecule has 0 aliphatic rings. The van der Waals surface area contributed by atoms with Gasteiger partial charge >= 0.3 is 0 Å². The summed E-state index contributed by atoms with van der Waals surface area (Å²) in [6.07, 6.45) is 1.70. The SMILES string of the molecule is COc1ccc(OCCSc2nc3ccccc3c(=O)n2-c2cc(C)ccn2)cc1. The molecule has 0 fully saturated rings. The molecular formula is C23H21N3O3S. The second-order valence-electron chi connectivity index (χ2n) is 6.62. The lowest BCUT2D eigenvalue weighted by Crippen LogP contribution is -2.23. The van der Waals surface area contributed by atoms with Gasteiger partial charge in [-0.3, -0.25) is 4.79 Å². The molecule has 6 nitrogen and oxygen atoms in total. The molecule has 0 unspecified atom stereocenters. The van der Waals surface area contributed by atoms with Crippen LogP contribution in [0.1, 0.15) is 5.56 Å². The minimum atomic E-state index is -0.128. The van der Waals surface area contributed by atoms with Crippen LogP contribution in [0.15, 0.2) is 76.8 Å². The number of aromatic nitrogens is 3. The molecule has 0 saturated heterocycles. The van der Waals surface area contributed by atoms with Crippen LogP contribution in [0.4, 0.5) is 0 Å². The lowest BCUT2D eigenvalue weighted by Gasteiger charge is -2.13. The van der Waals surface area contributed by atoms with E-state index < -0.39 is 0 Å². The summed E-state index contributed by atoms with van der Waals surface area (Å²) in [5, 5.41) is 1.16. The van der Waals surface area contributed by atoms with Gasteiger partial charge < -0.3 is 9.47 Å². The zero-order valence-electron chi connectivity index (χ0n) is 16.7. The smallest absolute Gasteiger partial charge is 0.267 e. The summed E-state index contributed by atoms with van der Waals surface area (Å²) in [5.74, 6) is 2.74. The third-order valence-electron chi connectivity index (χ3n) is 4.52. The van der Waals surface area contributed by atoms with Crippen LogP contribution in [0.2, 0.25) is 0 Å². The van der Waals surface area contributed by atoms with E-state index in [0.29, 0.717) is 34.2 Å². The van der Waals surface area contributed by atoms with Gasteiger partial charge in [0.05, 0.1) is 24.6 Å². The number of hydrogen-bond donors (Lipinski definition) is 0. The van der Waals surface area contributed by atoms with Crippen molar-refractivity contribution in [3.63, 3.8) is 0 Å². The Kier molecular flexibility index (Phi) is 5.99. The minimum absolute atomic E-state index is 0.128. The molecule has 4 aromatic rings. The second-order valence-corrected chi connectivity index (χ2v) is 7.68. The summed E-state index contributed by atoms with van der Waals surface area (Å²) < 4.78 is 12.5. The van der Waals surface area contributed by atoms with E-state index >= 15 is 0 Å². The Balaban J connectivity index is 1.59. The molecule has 7 heteroatoms. The van der Waals surface area contributed by atoms with E-state index in [9.17, 15) is 4.79 Å². The van der Waals surface area contributed by atoms with E-state index in [-0.39, 0.29) is 5.56 Å². The quantitative estimate of drug-likeness (QED) is 0.253. The van der Waals surface area contributed by atoms with E-state index in [1.54, 1.807) is 23.9 Å². The first-order chi connectivity index (χ1) is 14.7. The highest BCUT2D eigenvalue weighted by molar-refractivity contribution is 7.99. The Labute approximate surface area is 178 Å². The first-order valence-electron chi connectivity index (χ1n) is 9.50. The summed E-state index contributed by atoms with van der Waals surface area (Å²) in [7, 11) is 1.63. The molecule has 2 aromatic heterocycles. The topological polar surface area (TPSA) is 66.2 Å². The zero-order valence-corrected chi connectivity index (χ0v) is 17.6. The average molecular weight is 420 g/mol. The van der Waals surface area contributed by atoms with Crippen molar-refractivity contribution in [2.75, 3.05) is 19.5 Å². The Morgan fingerprint density at radius 3 is 2.57 bits per heavy atom. The van der Waals surface area contributed by atoms with Crippen LogP contribution in [0.5, 0.6) is 11.5 Å². The molecule has 0 amide bonds. The number of pyridine rings is 1. The fraction of sp³-hybridized carbons (Fsp3) is 0.174. The molecular weight excluding hydrogens is 398 g/mol. The van der Waals surface area contributed by atoms with Crippen LogP contribution in [0, 0.1) is 6.92 Å². The average Bonchev–Trinajstić information content (AvgIpc) is 2.77. The third-order valence-corrected chi connectivity index (χ3v) is 5.42. The maximum atomic E-state index is 13.2. The van der Waals surface area contributed by atoms with E-state index in [0.717, 1.165) is 17.1 Å². The second kappa shape index (κ2) is 9.00. The number of fused-ring (bicyclic) bond motifs is 1. The summed E-state index contributed by atoms with van der Waals surface area (Å²) in [6.45, 7) is 2.45. The van der Waals surface area contributed by atoms with Gasteiger partial charge in [0.1, 0.15) is 17.3 Å². The Hall–Kier alpha value is -3.32. The molecule has 0 saturated carbocycles. The van der Waals surface area contributed by atoms with Crippen molar-refractivity contribution in [3.8, 4) is 17.3 Å². The molecule has 30 heavy (non-hydrogen) atoms. The van der Waals surface area contributed by atoms with Crippen molar-refractivity contribution in [2.24, 2.45) is 0 Å². The maximum absolute atomic E-state index is 13.2. The fourth-order valence-electron chi connectivity index (χ4n) is 3.02. The van der Waals surface area contributed by atoms with Gasteiger partial charge in [-0.1, -0.05) is 23.9 Å². The molecule has 0 atom stereocenters. The van der Waals surface area contributed by atoms with E-state index in [2.05, 4.69) is 4.98 Å². The number of methoxy groups -OCH3 is 1. The highest BCUT2D eigenvalue weighted by atomic mass is 32.2. The van der Waals surface area contributed by atoms with Crippen LogP contribution in [-0.2, 0) is 0 Å². The maximum Gasteiger partial charge on any atom is 0.267 e. The number of hydrogen-bond acceptors (Lipinski definition) is 6. The van der Waals surface area contributed by atoms with Crippen LogP contribution < -0.4 is 15.0 Å². The van der Waals surface area contributed by atoms with Gasteiger partial charge in [0, 0.05) is 11.9 Å². The highest BCUT2D eigenvalue weighted by Gasteiger charge is 2.14. The standard InChI is InChI=1S/C23H21N3O3S/c1-16-11-12-24-21(15-16)26-22(27)19-5-3-4-6-20(19)25-23(26)30-14-13-29-18-9-7-17(28-2)8-10-18/h3-12,15H,13-14H2,1-2H3. The number of nitrogens with zero attached hydrogens (tertiary/aromatic N) is 3. The summed E-state index contributed by atoms with van der Waals surface area (Å²) in [6, 6.07) is 18.6. The van der Waals surface area contributed by atoms with E-state index in [1.165, 1.54) is 11.8 Å². The monoisotopic (exact) mass is 419 g/mol. The molecule has 2 heterocycles. The van der Waals surface area contributed by atoms with Gasteiger partial charge in [-0.25, -0.2) is 14.5 Å². The molecule has 0 bridgehead atoms. The molecule has 0 radical (unpaired) electrons.